The van der Waals surface area contributed by atoms with Crippen LogP contribution in [0.2, 0.25) is 0 Å². The molecule has 1 saturated heterocycles. The van der Waals surface area contributed by atoms with Crippen LogP contribution in [0.25, 0.3) is 0 Å². The molecule has 1 aromatic carbocycles. The first kappa shape index (κ1) is 13.5. The molecule has 1 aliphatic heterocycles. The Labute approximate surface area is 106 Å². The number of rotatable bonds is 2. The third-order valence-corrected chi connectivity index (χ3v) is 5.20. The Balaban J connectivity index is 2.47. The lowest BCUT2D eigenvalue weighted by Crippen LogP contribution is -2.41. The third-order valence-electron chi connectivity index (χ3n) is 2.99. The van der Waals surface area contributed by atoms with Crippen molar-refractivity contribution in [3.05, 3.63) is 29.1 Å². The van der Waals surface area contributed by atoms with Gasteiger partial charge in [0.25, 0.3) is 0 Å². The van der Waals surface area contributed by atoms with E-state index in [1.807, 2.05) is 0 Å². The van der Waals surface area contributed by atoms with Gasteiger partial charge in [-0.25, -0.2) is 12.8 Å². The number of nitrogens with zero attached hydrogens (tertiary/aromatic N) is 1. The van der Waals surface area contributed by atoms with E-state index in [2.05, 4.69) is 0 Å². The van der Waals surface area contributed by atoms with Crippen molar-refractivity contribution in [1.29, 1.82) is 0 Å². The number of aryl methyl sites for hydroxylation is 2. The fourth-order valence-electron chi connectivity index (χ4n) is 2.22. The highest BCUT2D eigenvalue weighted by Gasteiger charge is 2.29. The third kappa shape index (κ3) is 2.41. The predicted molar refractivity (Wildman–Crippen MR) is 65.5 cm³/mol. The molecule has 0 aliphatic carbocycles. The van der Waals surface area contributed by atoms with Crippen molar-refractivity contribution in [1.82, 2.24) is 4.31 Å². The molecule has 0 N–H and O–H groups in total. The molecular formula is C12H16FNO3S. The zero-order valence-electron chi connectivity index (χ0n) is 10.4. The first-order chi connectivity index (χ1) is 8.43. The van der Waals surface area contributed by atoms with Crippen molar-refractivity contribution in [2.24, 2.45) is 0 Å². The van der Waals surface area contributed by atoms with Gasteiger partial charge < -0.3 is 4.74 Å². The number of benzene rings is 1. The molecule has 100 valence electrons. The van der Waals surface area contributed by atoms with Gasteiger partial charge in [0, 0.05) is 13.1 Å². The standard InChI is InChI=1S/C12H16FNO3S/c1-9-7-11(13)8-10(2)12(9)18(15,16)14-3-5-17-6-4-14/h7-8H,3-6H2,1-2H3. The van der Waals surface area contributed by atoms with Gasteiger partial charge >= 0.3 is 0 Å². The minimum absolute atomic E-state index is 0.214. The fourth-order valence-corrected chi connectivity index (χ4v) is 4.04. The molecule has 1 aliphatic rings. The zero-order chi connectivity index (χ0) is 13.3. The highest BCUT2D eigenvalue weighted by atomic mass is 32.2. The van der Waals surface area contributed by atoms with E-state index in [1.54, 1.807) is 13.8 Å². The Kier molecular flexibility index (Phi) is 3.70. The molecule has 4 nitrogen and oxygen atoms in total. The maximum absolute atomic E-state index is 13.2. The molecule has 1 aromatic rings. The van der Waals surface area contributed by atoms with Crippen LogP contribution in [0.1, 0.15) is 11.1 Å². The van der Waals surface area contributed by atoms with Gasteiger partial charge in [0.2, 0.25) is 10.0 Å². The molecule has 0 unspecified atom stereocenters. The van der Waals surface area contributed by atoms with Crippen LogP contribution in [0.15, 0.2) is 17.0 Å². The first-order valence-corrected chi connectivity index (χ1v) is 7.21. The van der Waals surface area contributed by atoms with E-state index >= 15 is 0 Å². The summed E-state index contributed by atoms with van der Waals surface area (Å²) < 4.78 is 44.7. The Bertz CT molecular complexity index is 527. The van der Waals surface area contributed by atoms with Gasteiger partial charge in [-0.3, -0.25) is 0 Å². The van der Waals surface area contributed by atoms with Crippen molar-refractivity contribution in [2.45, 2.75) is 18.7 Å². The van der Waals surface area contributed by atoms with E-state index in [0.717, 1.165) is 0 Å². The average Bonchev–Trinajstić information content (AvgIpc) is 2.28. The normalized spacial score (nSPS) is 17.9. The fraction of sp³-hybridized carbons (Fsp3) is 0.500. The van der Waals surface area contributed by atoms with Crippen molar-refractivity contribution in [3.8, 4) is 0 Å². The van der Waals surface area contributed by atoms with Gasteiger partial charge in [-0.15, -0.1) is 0 Å². The van der Waals surface area contributed by atoms with E-state index in [1.165, 1.54) is 16.4 Å². The summed E-state index contributed by atoms with van der Waals surface area (Å²) in [5.41, 5.74) is 0.887. The van der Waals surface area contributed by atoms with Gasteiger partial charge in [0.15, 0.2) is 0 Å². The highest BCUT2D eigenvalue weighted by molar-refractivity contribution is 7.89. The Morgan fingerprint density at radius 2 is 1.67 bits per heavy atom. The quantitative estimate of drug-likeness (QED) is 0.819. The van der Waals surface area contributed by atoms with Crippen molar-refractivity contribution >= 4 is 10.0 Å². The Morgan fingerprint density at radius 1 is 1.17 bits per heavy atom. The summed E-state index contributed by atoms with van der Waals surface area (Å²) in [6, 6.07) is 2.50. The van der Waals surface area contributed by atoms with Crippen LogP contribution >= 0.6 is 0 Å². The first-order valence-electron chi connectivity index (χ1n) is 5.77. The molecule has 0 radical (unpaired) electrons. The predicted octanol–water partition coefficient (Wildman–Crippen LogP) is 1.46. The van der Waals surface area contributed by atoms with E-state index < -0.39 is 15.8 Å². The Morgan fingerprint density at radius 3 is 2.17 bits per heavy atom. The minimum atomic E-state index is -3.55. The van der Waals surface area contributed by atoms with E-state index in [9.17, 15) is 12.8 Å². The largest absolute Gasteiger partial charge is 0.379 e. The topological polar surface area (TPSA) is 46.6 Å². The molecule has 1 heterocycles. The van der Waals surface area contributed by atoms with Crippen molar-refractivity contribution < 1.29 is 17.5 Å². The second-order valence-electron chi connectivity index (χ2n) is 4.39. The summed E-state index contributed by atoms with van der Waals surface area (Å²) in [5.74, 6) is -0.411. The molecule has 0 bridgehead atoms. The summed E-state index contributed by atoms with van der Waals surface area (Å²) in [6.07, 6.45) is 0. The summed E-state index contributed by atoms with van der Waals surface area (Å²) in [5, 5.41) is 0. The Hall–Kier alpha value is -0.980. The second kappa shape index (κ2) is 4.95. The number of morpholine rings is 1. The number of hydrogen-bond acceptors (Lipinski definition) is 3. The smallest absolute Gasteiger partial charge is 0.243 e. The van der Waals surface area contributed by atoms with E-state index in [-0.39, 0.29) is 4.90 Å². The summed E-state index contributed by atoms with van der Waals surface area (Å²) in [6.45, 7) is 4.72. The molecule has 0 atom stereocenters. The minimum Gasteiger partial charge on any atom is -0.379 e. The van der Waals surface area contributed by atoms with Gasteiger partial charge in [0.1, 0.15) is 5.82 Å². The number of halogens is 1. The molecule has 1 fully saturated rings. The highest BCUT2D eigenvalue weighted by Crippen LogP contribution is 2.25. The second-order valence-corrected chi connectivity index (χ2v) is 6.26. The molecular weight excluding hydrogens is 257 g/mol. The number of sulfonamides is 1. The maximum atomic E-state index is 13.2. The lowest BCUT2D eigenvalue weighted by atomic mass is 10.1. The molecule has 18 heavy (non-hydrogen) atoms. The molecule has 6 heteroatoms. The average molecular weight is 273 g/mol. The van der Waals surface area contributed by atoms with Crippen LogP contribution in [-0.4, -0.2) is 39.0 Å². The lowest BCUT2D eigenvalue weighted by Gasteiger charge is -2.27. The van der Waals surface area contributed by atoms with Crippen LogP contribution in [0.5, 0.6) is 0 Å². The van der Waals surface area contributed by atoms with Crippen LogP contribution < -0.4 is 0 Å². The van der Waals surface area contributed by atoms with E-state index in [0.29, 0.717) is 37.4 Å². The molecule has 0 spiro atoms. The lowest BCUT2D eigenvalue weighted by molar-refractivity contribution is 0.0730. The monoisotopic (exact) mass is 273 g/mol. The van der Waals surface area contributed by atoms with Crippen molar-refractivity contribution in [3.63, 3.8) is 0 Å². The van der Waals surface area contributed by atoms with Crippen LogP contribution in [0, 0.1) is 19.7 Å². The SMILES string of the molecule is Cc1cc(F)cc(C)c1S(=O)(=O)N1CCOCC1. The molecule has 0 saturated carbocycles. The van der Waals surface area contributed by atoms with Gasteiger partial charge in [-0.05, 0) is 37.1 Å². The zero-order valence-corrected chi connectivity index (χ0v) is 11.3. The van der Waals surface area contributed by atoms with Gasteiger partial charge in [-0.2, -0.15) is 4.31 Å². The van der Waals surface area contributed by atoms with Crippen LogP contribution in [-0.2, 0) is 14.8 Å². The number of ether oxygens (including phenoxy) is 1. The molecule has 2 rings (SSSR count). The van der Waals surface area contributed by atoms with Gasteiger partial charge in [-0.1, -0.05) is 0 Å². The molecule has 0 amide bonds. The van der Waals surface area contributed by atoms with E-state index in [4.69, 9.17) is 4.74 Å². The molecule has 0 aromatic heterocycles. The summed E-state index contributed by atoms with van der Waals surface area (Å²) >= 11 is 0. The number of hydrogen-bond donors (Lipinski definition) is 0. The van der Waals surface area contributed by atoms with Crippen LogP contribution in [0.3, 0.4) is 0 Å². The summed E-state index contributed by atoms with van der Waals surface area (Å²) in [7, 11) is -3.55. The van der Waals surface area contributed by atoms with Gasteiger partial charge in [0.05, 0.1) is 18.1 Å². The van der Waals surface area contributed by atoms with Crippen molar-refractivity contribution in [2.75, 3.05) is 26.3 Å². The van der Waals surface area contributed by atoms with Crippen LogP contribution in [0.4, 0.5) is 4.39 Å². The maximum Gasteiger partial charge on any atom is 0.243 e. The summed E-state index contributed by atoms with van der Waals surface area (Å²) in [4.78, 5) is 0.214.